The van der Waals surface area contributed by atoms with Gasteiger partial charge in [-0.25, -0.2) is 9.78 Å². The summed E-state index contributed by atoms with van der Waals surface area (Å²) < 4.78 is 0.748. The van der Waals surface area contributed by atoms with Crippen LogP contribution < -0.4 is 5.32 Å². The number of amides is 1. The third-order valence-electron chi connectivity index (χ3n) is 2.45. The van der Waals surface area contributed by atoms with E-state index in [0.29, 0.717) is 0 Å². The smallest absolute Gasteiger partial charge is 0.339 e. The van der Waals surface area contributed by atoms with Gasteiger partial charge < -0.3 is 15.5 Å². The number of nitrogens with zero attached hydrogens (tertiary/aromatic N) is 1. The molecule has 2 aromatic rings. The Morgan fingerprint density at radius 2 is 1.95 bits per heavy atom. The van der Waals surface area contributed by atoms with Gasteiger partial charge in [0.2, 0.25) is 0 Å². The highest BCUT2D eigenvalue weighted by molar-refractivity contribution is 9.10. The van der Waals surface area contributed by atoms with Crippen LogP contribution in [0, 0.1) is 0 Å². The Labute approximate surface area is 122 Å². The van der Waals surface area contributed by atoms with Crippen molar-refractivity contribution in [3.63, 3.8) is 0 Å². The quantitative estimate of drug-likeness (QED) is 0.799. The summed E-state index contributed by atoms with van der Waals surface area (Å²) >= 11 is 3.21. The molecule has 0 aliphatic carbocycles. The summed E-state index contributed by atoms with van der Waals surface area (Å²) in [6, 6.07) is 6.97. The number of carbonyl (C=O) groups is 2. The fraction of sp³-hybridized carbons (Fsp3) is 0. The summed E-state index contributed by atoms with van der Waals surface area (Å²) in [5.41, 5.74) is 0.252. The molecule has 0 saturated carbocycles. The van der Waals surface area contributed by atoms with Crippen LogP contribution in [0.15, 0.2) is 41.0 Å². The van der Waals surface area contributed by atoms with Crippen LogP contribution in [0.4, 0.5) is 5.69 Å². The number of hydrogen-bond acceptors (Lipinski definition) is 4. The predicted octanol–water partition coefficient (Wildman–Crippen LogP) is 2.50. The van der Waals surface area contributed by atoms with Crippen LogP contribution in [-0.4, -0.2) is 27.1 Å². The molecule has 1 aromatic heterocycles. The number of rotatable bonds is 3. The van der Waals surface area contributed by atoms with Crippen molar-refractivity contribution in [3.8, 4) is 5.75 Å². The molecular formula is C13H9BrN2O4. The van der Waals surface area contributed by atoms with E-state index in [9.17, 15) is 14.7 Å². The number of aromatic carboxylic acids is 1. The summed E-state index contributed by atoms with van der Waals surface area (Å²) in [6.07, 6.45) is 1.49. The lowest BCUT2D eigenvalue weighted by Crippen LogP contribution is -2.13. The minimum Gasteiger partial charge on any atom is -0.507 e. The van der Waals surface area contributed by atoms with E-state index in [0.717, 1.165) is 4.47 Å². The molecule has 0 aliphatic rings. The van der Waals surface area contributed by atoms with Gasteiger partial charge in [0.05, 0.1) is 0 Å². The monoisotopic (exact) mass is 336 g/mol. The molecule has 0 atom stereocenters. The molecule has 0 unspecified atom stereocenters. The summed E-state index contributed by atoms with van der Waals surface area (Å²) in [5.74, 6) is -2.12. The van der Waals surface area contributed by atoms with E-state index in [1.807, 2.05) is 0 Å². The number of pyridine rings is 1. The Bertz CT molecular complexity index is 671. The number of anilines is 1. The number of phenols is 1. The number of aromatic nitrogens is 1. The first-order chi connectivity index (χ1) is 9.47. The zero-order valence-corrected chi connectivity index (χ0v) is 11.6. The van der Waals surface area contributed by atoms with Crippen molar-refractivity contribution in [2.75, 3.05) is 5.32 Å². The molecule has 6 nitrogen and oxygen atoms in total. The number of nitrogens with one attached hydrogen (secondary N) is 1. The zero-order chi connectivity index (χ0) is 14.7. The summed E-state index contributed by atoms with van der Waals surface area (Å²) in [7, 11) is 0. The Balaban J connectivity index is 2.18. The molecular weight excluding hydrogens is 328 g/mol. The third kappa shape index (κ3) is 3.12. The van der Waals surface area contributed by atoms with E-state index in [1.54, 1.807) is 6.07 Å². The summed E-state index contributed by atoms with van der Waals surface area (Å²) in [5, 5.41) is 20.8. The van der Waals surface area contributed by atoms with Crippen LogP contribution in [0.5, 0.6) is 5.75 Å². The molecule has 1 amide bonds. The number of carboxylic acid groups (broad SMARTS) is 1. The maximum Gasteiger partial charge on any atom is 0.339 e. The molecule has 0 saturated heterocycles. The predicted molar refractivity (Wildman–Crippen MR) is 75.0 cm³/mol. The molecule has 0 bridgehead atoms. The van der Waals surface area contributed by atoms with Crippen molar-refractivity contribution in [1.29, 1.82) is 0 Å². The second kappa shape index (κ2) is 5.70. The van der Waals surface area contributed by atoms with Crippen LogP contribution in [0.3, 0.4) is 0 Å². The second-order valence-electron chi connectivity index (χ2n) is 3.85. The van der Waals surface area contributed by atoms with Gasteiger partial charge in [-0.3, -0.25) is 4.79 Å². The SMILES string of the molecule is O=C(Nc1ccc(C(=O)O)c(O)c1)c1ccc(Br)cn1. The molecule has 2 rings (SSSR count). The highest BCUT2D eigenvalue weighted by Gasteiger charge is 2.12. The van der Waals surface area contributed by atoms with Crippen molar-refractivity contribution in [2.24, 2.45) is 0 Å². The molecule has 0 spiro atoms. The van der Waals surface area contributed by atoms with E-state index in [-0.39, 0.29) is 16.9 Å². The van der Waals surface area contributed by atoms with Crippen molar-refractivity contribution in [1.82, 2.24) is 4.98 Å². The Morgan fingerprint density at radius 3 is 2.50 bits per heavy atom. The number of benzene rings is 1. The fourth-order valence-electron chi connectivity index (χ4n) is 1.50. The zero-order valence-electron chi connectivity index (χ0n) is 10.0. The van der Waals surface area contributed by atoms with E-state index < -0.39 is 17.6 Å². The Kier molecular flexibility index (Phi) is 3.99. The molecule has 1 aromatic carbocycles. The van der Waals surface area contributed by atoms with E-state index >= 15 is 0 Å². The normalized spacial score (nSPS) is 10.1. The summed E-state index contributed by atoms with van der Waals surface area (Å²) in [4.78, 5) is 26.5. The van der Waals surface area contributed by atoms with Gasteiger partial charge in [0, 0.05) is 22.4 Å². The van der Waals surface area contributed by atoms with Crippen LogP contribution in [-0.2, 0) is 0 Å². The lowest BCUT2D eigenvalue weighted by Gasteiger charge is -2.06. The second-order valence-corrected chi connectivity index (χ2v) is 4.77. The molecule has 0 aliphatic heterocycles. The summed E-state index contributed by atoms with van der Waals surface area (Å²) in [6.45, 7) is 0. The standard InChI is InChI=1S/C13H9BrN2O4/c14-7-1-4-10(15-6-7)12(18)16-8-2-3-9(13(19)20)11(17)5-8/h1-6,17H,(H,16,18)(H,19,20). The largest absolute Gasteiger partial charge is 0.507 e. The number of hydrogen-bond donors (Lipinski definition) is 3. The van der Waals surface area contributed by atoms with Crippen molar-refractivity contribution in [3.05, 3.63) is 52.3 Å². The fourth-order valence-corrected chi connectivity index (χ4v) is 1.73. The van der Waals surface area contributed by atoms with Gasteiger partial charge >= 0.3 is 5.97 Å². The average Bonchev–Trinajstić information content (AvgIpc) is 2.39. The van der Waals surface area contributed by atoms with Crippen LogP contribution in [0.2, 0.25) is 0 Å². The molecule has 20 heavy (non-hydrogen) atoms. The number of halogens is 1. The number of carboxylic acids is 1. The maximum absolute atomic E-state index is 11.9. The number of carbonyl (C=O) groups excluding carboxylic acids is 1. The van der Waals surface area contributed by atoms with Gasteiger partial charge in [-0.15, -0.1) is 0 Å². The van der Waals surface area contributed by atoms with Gasteiger partial charge in [-0.05, 0) is 40.2 Å². The van der Waals surface area contributed by atoms with Gasteiger partial charge in [-0.2, -0.15) is 0 Å². The van der Waals surface area contributed by atoms with Crippen LogP contribution in [0.1, 0.15) is 20.8 Å². The first kappa shape index (κ1) is 14.0. The molecule has 1 heterocycles. The van der Waals surface area contributed by atoms with Crippen molar-refractivity contribution >= 4 is 33.5 Å². The van der Waals surface area contributed by atoms with E-state index in [2.05, 4.69) is 26.2 Å². The van der Waals surface area contributed by atoms with Gasteiger partial charge in [0.1, 0.15) is 17.0 Å². The van der Waals surface area contributed by atoms with Crippen LogP contribution in [0.25, 0.3) is 0 Å². The molecule has 0 radical (unpaired) electrons. The van der Waals surface area contributed by atoms with Gasteiger partial charge in [0.15, 0.2) is 0 Å². The lowest BCUT2D eigenvalue weighted by atomic mass is 10.2. The van der Waals surface area contributed by atoms with E-state index in [4.69, 9.17) is 5.11 Å². The van der Waals surface area contributed by atoms with Crippen molar-refractivity contribution < 1.29 is 19.8 Å². The highest BCUT2D eigenvalue weighted by Crippen LogP contribution is 2.22. The van der Waals surface area contributed by atoms with Gasteiger partial charge in [-0.1, -0.05) is 0 Å². The Hall–Kier alpha value is -2.41. The first-order valence-corrected chi connectivity index (χ1v) is 6.26. The molecule has 102 valence electrons. The Morgan fingerprint density at radius 1 is 1.20 bits per heavy atom. The minimum absolute atomic E-state index is 0.204. The lowest BCUT2D eigenvalue weighted by molar-refractivity contribution is 0.0693. The number of aromatic hydroxyl groups is 1. The van der Waals surface area contributed by atoms with Crippen molar-refractivity contribution in [2.45, 2.75) is 0 Å². The molecule has 7 heteroatoms. The average molecular weight is 337 g/mol. The van der Waals surface area contributed by atoms with Gasteiger partial charge in [0.25, 0.3) is 5.91 Å². The topological polar surface area (TPSA) is 99.5 Å². The third-order valence-corrected chi connectivity index (χ3v) is 2.92. The highest BCUT2D eigenvalue weighted by atomic mass is 79.9. The maximum atomic E-state index is 11.9. The molecule has 3 N–H and O–H groups in total. The first-order valence-electron chi connectivity index (χ1n) is 5.46. The molecule has 0 fully saturated rings. The van der Waals surface area contributed by atoms with Crippen LogP contribution >= 0.6 is 15.9 Å². The minimum atomic E-state index is -1.24. The van der Waals surface area contributed by atoms with E-state index in [1.165, 1.54) is 30.5 Å².